The Morgan fingerprint density at radius 2 is 2.11 bits per heavy atom. The lowest BCUT2D eigenvalue weighted by Crippen LogP contribution is -2.44. The van der Waals surface area contributed by atoms with E-state index in [1.807, 2.05) is 19.0 Å². The lowest BCUT2D eigenvalue weighted by atomic mass is 10.1. The van der Waals surface area contributed by atoms with Gasteiger partial charge in [0.25, 0.3) is 5.91 Å². The molecule has 0 aromatic carbocycles. The summed E-state index contributed by atoms with van der Waals surface area (Å²) < 4.78 is 1.78. The van der Waals surface area contributed by atoms with E-state index < -0.39 is 0 Å². The van der Waals surface area contributed by atoms with Crippen LogP contribution in [0.2, 0.25) is 5.02 Å². The fraction of sp³-hybridized carbons (Fsp3) is 0.583. The third kappa shape index (κ3) is 3.19. The van der Waals surface area contributed by atoms with E-state index in [2.05, 4.69) is 5.32 Å². The molecular weight excluding hydrogens is 273 g/mol. The van der Waals surface area contributed by atoms with Crippen molar-refractivity contribution in [1.29, 1.82) is 0 Å². The number of hydrogen-bond acceptors (Lipinski definition) is 2. The maximum absolute atomic E-state index is 12.3. The zero-order chi connectivity index (χ0) is 12.4. The minimum absolute atomic E-state index is 0. The van der Waals surface area contributed by atoms with Gasteiger partial charge in [0, 0.05) is 26.3 Å². The Balaban J connectivity index is 0.00000162. The number of piperidine rings is 1. The fourth-order valence-corrected chi connectivity index (χ4v) is 2.53. The lowest BCUT2D eigenvalue weighted by molar-refractivity contribution is 0.0693. The molecule has 1 aliphatic rings. The quantitative estimate of drug-likeness (QED) is 0.904. The summed E-state index contributed by atoms with van der Waals surface area (Å²) in [6, 6.07) is 2.05. The van der Waals surface area contributed by atoms with Crippen LogP contribution in [0.25, 0.3) is 0 Å². The molecule has 6 heteroatoms. The van der Waals surface area contributed by atoms with Gasteiger partial charge in [-0.25, -0.2) is 0 Å². The van der Waals surface area contributed by atoms with Gasteiger partial charge in [-0.3, -0.25) is 4.79 Å². The molecule has 4 nitrogen and oxygen atoms in total. The molecule has 2 rings (SSSR count). The highest BCUT2D eigenvalue weighted by Gasteiger charge is 2.24. The molecule has 0 unspecified atom stereocenters. The van der Waals surface area contributed by atoms with Crippen molar-refractivity contribution in [2.75, 3.05) is 20.1 Å². The molecule has 1 aromatic heterocycles. The average molecular weight is 292 g/mol. The van der Waals surface area contributed by atoms with Gasteiger partial charge in [0.05, 0.1) is 5.02 Å². The summed E-state index contributed by atoms with van der Waals surface area (Å²) in [5, 5.41) is 3.91. The van der Waals surface area contributed by atoms with Crippen molar-refractivity contribution in [1.82, 2.24) is 14.8 Å². The summed E-state index contributed by atoms with van der Waals surface area (Å²) in [4.78, 5) is 14.1. The van der Waals surface area contributed by atoms with Crippen molar-refractivity contribution in [3.05, 3.63) is 23.0 Å². The van der Waals surface area contributed by atoms with Crippen LogP contribution in [0.15, 0.2) is 12.3 Å². The molecule has 1 aromatic rings. The summed E-state index contributed by atoms with van der Waals surface area (Å²) in [6.07, 6.45) is 3.78. The zero-order valence-corrected chi connectivity index (χ0v) is 12.2. The van der Waals surface area contributed by atoms with Gasteiger partial charge >= 0.3 is 0 Å². The third-order valence-electron chi connectivity index (χ3n) is 3.37. The number of hydrogen-bond donors (Lipinski definition) is 1. The number of aryl methyl sites for hydroxylation is 1. The van der Waals surface area contributed by atoms with Gasteiger partial charge in [0.15, 0.2) is 0 Å². The van der Waals surface area contributed by atoms with Crippen molar-refractivity contribution >= 4 is 29.9 Å². The Morgan fingerprint density at radius 1 is 1.50 bits per heavy atom. The molecule has 1 N–H and O–H groups in total. The van der Waals surface area contributed by atoms with Gasteiger partial charge in [0.1, 0.15) is 5.69 Å². The van der Waals surface area contributed by atoms with E-state index >= 15 is 0 Å². The third-order valence-corrected chi connectivity index (χ3v) is 3.57. The van der Waals surface area contributed by atoms with Crippen molar-refractivity contribution in [2.24, 2.45) is 7.05 Å². The monoisotopic (exact) mass is 291 g/mol. The predicted octanol–water partition coefficient (Wildman–Crippen LogP) is 1.92. The van der Waals surface area contributed by atoms with Gasteiger partial charge < -0.3 is 14.8 Å². The summed E-state index contributed by atoms with van der Waals surface area (Å²) in [5.74, 6) is 0.0475. The number of nitrogens with zero attached hydrogens (tertiary/aromatic N) is 2. The second-order valence-corrected chi connectivity index (χ2v) is 4.99. The van der Waals surface area contributed by atoms with E-state index in [-0.39, 0.29) is 18.3 Å². The SMILES string of the molecule is CN(C(=O)c1cc(Cl)cn1C)C1CCNCC1.Cl. The van der Waals surface area contributed by atoms with Gasteiger partial charge in [-0.1, -0.05) is 11.6 Å². The van der Waals surface area contributed by atoms with Crippen LogP contribution < -0.4 is 5.32 Å². The van der Waals surface area contributed by atoms with Crippen molar-refractivity contribution in [3.63, 3.8) is 0 Å². The summed E-state index contributed by atoms with van der Waals surface area (Å²) in [7, 11) is 3.72. The van der Waals surface area contributed by atoms with Crippen molar-refractivity contribution in [3.8, 4) is 0 Å². The van der Waals surface area contributed by atoms with E-state index in [1.54, 1.807) is 16.8 Å². The Hall–Kier alpha value is -0.710. The first-order valence-electron chi connectivity index (χ1n) is 5.89. The number of halogens is 2. The molecule has 102 valence electrons. The first kappa shape index (κ1) is 15.3. The zero-order valence-electron chi connectivity index (χ0n) is 10.6. The first-order chi connectivity index (χ1) is 8.09. The molecule has 1 aliphatic heterocycles. The molecular formula is C12H19Cl2N3O. The fourth-order valence-electron chi connectivity index (χ4n) is 2.28. The predicted molar refractivity (Wildman–Crippen MR) is 75.7 cm³/mol. The average Bonchev–Trinajstić information content (AvgIpc) is 2.68. The van der Waals surface area contributed by atoms with E-state index in [9.17, 15) is 4.79 Å². The molecule has 2 heterocycles. The Labute approximate surface area is 119 Å². The van der Waals surface area contributed by atoms with Gasteiger partial charge in [-0.2, -0.15) is 0 Å². The summed E-state index contributed by atoms with van der Waals surface area (Å²) >= 11 is 5.90. The van der Waals surface area contributed by atoms with E-state index in [4.69, 9.17) is 11.6 Å². The maximum atomic E-state index is 12.3. The van der Waals surface area contributed by atoms with E-state index in [0.717, 1.165) is 25.9 Å². The van der Waals surface area contributed by atoms with Crippen LogP contribution in [-0.2, 0) is 7.05 Å². The normalized spacial score (nSPS) is 16.2. The topological polar surface area (TPSA) is 37.3 Å². The molecule has 0 aliphatic carbocycles. The van der Waals surface area contributed by atoms with Gasteiger partial charge in [-0.05, 0) is 32.0 Å². The Morgan fingerprint density at radius 3 is 2.61 bits per heavy atom. The molecule has 1 saturated heterocycles. The largest absolute Gasteiger partial charge is 0.345 e. The summed E-state index contributed by atoms with van der Waals surface area (Å²) in [5.41, 5.74) is 0.649. The number of rotatable bonds is 2. The lowest BCUT2D eigenvalue weighted by Gasteiger charge is -2.31. The van der Waals surface area contributed by atoms with E-state index in [0.29, 0.717) is 16.8 Å². The van der Waals surface area contributed by atoms with Crippen LogP contribution in [0.5, 0.6) is 0 Å². The molecule has 0 atom stereocenters. The van der Waals surface area contributed by atoms with Crippen molar-refractivity contribution < 1.29 is 4.79 Å². The maximum Gasteiger partial charge on any atom is 0.270 e. The van der Waals surface area contributed by atoms with Crippen LogP contribution in [0.3, 0.4) is 0 Å². The highest BCUT2D eigenvalue weighted by atomic mass is 35.5. The smallest absolute Gasteiger partial charge is 0.270 e. The van der Waals surface area contributed by atoms with Crippen LogP contribution in [0, 0.1) is 0 Å². The highest BCUT2D eigenvalue weighted by molar-refractivity contribution is 6.31. The number of aromatic nitrogens is 1. The summed E-state index contributed by atoms with van der Waals surface area (Å²) in [6.45, 7) is 1.96. The number of nitrogens with one attached hydrogen (secondary N) is 1. The minimum Gasteiger partial charge on any atom is -0.345 e. The number of amides is 1. The van der Waals surface area contributed by atoms with Gasteiger partial charge in [-0.15, -0.1) is 12.4 Å². The van der Waals surface area contributed by atoms with Crippen LogP contribution in [0.1, 0.15) is 23.3 Å². The molecule has 0 saturated carbocycles. The highest BCUT2D eigenvalue weighted by Crippen LogP contribution is 2.17. The number of carbonyl (C=O) groups is 1. The van der Waals surface area contributed by atoms with Crippen molar-refractivity contribution in [2.45, 2.75) is 18.9 Å². The second-order valence-electron chi connectivity index (χ2n) is 4.55. The Bertz CT molecular complexity index is 413. The molecule has 0 radical (unpaired) electrons. The Kier molecular flexibility index (Phi) is 5.50. The van der Waals surface area contributed by atoms with Crippen LogP contribution in [0.4, 0.5) is 0 Å². The standard InChI is InChI=1S/C12H18ClN3O.ClH/c1-15-8-9(13)7-11(15)12(17)16(2)10-3-5-14-6-4-10;/h7-8,10,14H,3-6H2,1-2H3;1H. The minimum atomic E-state index is 0. The molecule has 0 spiro atoms. The van der Waals surface area contributed by atoms with E-state index in [1.165, 1.54) is 0 Å². The first-order valence-corrected chi connectivity index (χ1v) is 6.27. The molecule has 1 fully saturated rings. The molecule has 18 heavy (non-hydrogen) atoms. The van der Waals surface area contributed by atoms with Crippen LogP contribution in [-0.4, -0.2) is 41.6 Å². The van der Waals surface area contributed by atoms with Crippen LogP contribution >= 0.6 is 24.0 Å². The second kappa shape index (κ2) is 6.45. The van der Waals surface area contributed by atoms with Gasteiger partial charge in [0.2, 0.25) is 0 Å². The number of carbonyl (C=O) groups excluding carboxylic acids is 1. The molecule has 0 bridgehead atoms. The molecule has 1 amide bonds.